The number of nitrogens with one attached hydrogen (secondary N) is 1. The van der Waals surface area contributed by atoms with Gasteiger partial charge in [0.05, 0.1) is 6.61 Å². The van der Waals surface area contributed by atoms with Crippen LogP contribution in [0.5, 0.6) is 5.75 Å². The maximum Gasteiger partial charge on any atom is 0.189 e. The van der Waals surface area contributed by atoms with Gasteiger partial charge in [-0.1, -0.05) is 0 Å². The molecule has 2 aliphatic rings. The van der Waals surface area contributed by atoms with Crippen LogP contribution in [0, 0.1) is 5.82 Å². The lowest BCUT2D eigenvalue weighted by Crippen LogP contribution is -2.33. The first-order valence-electron chi connectivity index (χ1n) is 6.80. The molecular weight excluding hydrogens is 388 g/mol. The Hall–Kier alpha value is -1.09. The van der Waals surface area contributed by atoms with Gasteiger partial charge in [0.1, 0.15) is 11.6 Å². The predicted octanol–water partition coefficient (Wildman–Crippen LogP) is 1.92. The molecule has 0 saturated heterocycles. The summed E-state index contributed by atoms with van der Waals surface area (Å²) in [6.45, 7) is 1.10. The third kappa shape index (κ3) is 4.44. The van der Waals surface area contributed by atoms with Crippen molar-refractivity contribution in [1.29, 1.82) is 0 Å². The number of rotatable bonds is 4. The molecule has 0 spiro atoms. The minimum Gasteiger partial charge on any atom is -0.467 e. The largest absolute Gasteiger partial charge is 0.467 e. The van der Waals surface area contributed by atoms with Gasteiger partial charge in [-0.3, -0.25) is 4.99 Å². The molecule has 5 nitrogen and oxygen atoms in total. The van der Waals surface area contributed by atoms with Crippen molar-refractivity contribution in [3.05, 3.63) is 29.1 Å². The van der Waals surface area contributed by atoms with Crippen LogP contribution in [0.4, 0.5) is 4.39 Å². The van der Waals surface area contributed by atoms with Crippen molar-refractivity contribution in [1.82, 2.24) is 5.32 Å². The van der Waals surface area contributed by atoms with E-state index in [0.717, 1.165) is 29.7 Å². The van der Waals surface area contributed by atoms with E-state index < -0.39 is 0 Å². The minimum atomic E-state index is -0.277. The van der Waals surface area contributed by atoms with E-state index in [1.165, 1.54) is 12.1 Å². The Labute approximate surface area is 140 Å². The summed E-state index contributed by atoms with van der Waals surface area (Å²) in [6.07, 6.45) is 2.90. The Morgan fingerprint density at radius 3 is 3.00 bits per heavy atom. The summed E-state index contributed by atoms with van der Waals surface area (Å²) in [5.74, 6) is 0.907. The van der Waals surface area contributed by atoms with Gasteiger partial charge in [-0.15, -0.1) is 24.0 Å². The lowest BCUT2D eigenvalue weighted by molar-refractivity contribution is -0.0172. The number of nitrogens with zero attached hydrogens (tertiary/aromatic N) is 1. The van der Waals surface area contributed by atoms with E-state index in [1.807, 2.05) is 0 Å². The Morgan fingerprint density at radius 2 is 2.24 bits per heavy atom. The van der Waals surface area contributed by atoms with E-state index in [0.29, 0.717) is 31.6 Å². The van der Waals surface area contributed by atoms with E-state index in [4.69, 9.17) is 15.2 Å². The first kappa shape index (κ1) is 16.3. The molecule has 1 saturated carbocycles. The minimum absolute atomic E-state index is 0. The van der Waals surface area contributed by atoms with E-state index in [2.05, 4.69) is 10.3 Å². The molecule has 1 aromatic rings. The zero-order valence-electron chi connectivity index (χ0n) is 11.6. The number of fused-ring (bicyclic) bond motifs is 1. The van der Waals surface area contributed by atoms with Gasteiger partial charge in [-0.25, -0.2) is 4.39 Å². The third-order valence-electron chi connectivity index (χ3n) is 3.34. The monoisotopic (exact) mass is 407 g/mol. The summed E-state index contributed by atoms with van der Waals surface area (Å²) in [4.78, 5) is 4.25. The summed E-state index contributed by atoms with van der Waals surface area (Å²) in [6, 6.07) is 3.43. The van der Waals surface area contributed by atoms with Gasteiger partial charge in [-0.05, 0) is 37.0 Å². The highest BCUT2D eigenvalue weighted by Crippen LogP contribution is 2.29. The SMILES string of the molecule is I.NC(=NCCc1cc(F)cc2c1OCOC2)NC1CC1. The topological polar surface area (TPSA) is 68.9 Å². The fourth-order valence-corrected chi connectivity index (χ4v) is 2.22. The van der Waals surface area contributed by atoms with Gasteiger partial charge in [0, 0.05) is 18.2 Å². The molecule has 0 aromatic heterocycles. The maximum atomic E-state index is 13.5. The fraction of sp³-hybridized carbons (Fsp3) is 0.500. The first-order valence-corrected chi connectivity index (χ1v) is 6.80. The Morgan fingerprint density at radius 1 is 1.43 bits per heavy atom. The second kappa shape index (κ2) is 7.26. The Balaban J connectivity index is 0.00000161. The van der Waals surface area contributed by atoms with Crippen molar-refractivity contribution >= 4 is 29.9 Å². The molecule has 1 heterocycles. The Bertz CT molecular complexity index is 535. The van der Waals surface area contributed by atoms with Crippen LogP contribution < -0.4 is 15.8 Å². The molecule has 1 aliphatic heterocycles. The lowest BCUT2D eigenvalue weighted by Gasteiger charge is -2.20. The molecule has 0 radical (unpaired) electrons. The summed E-state index contributed by atoms with van der Waals surface area (Å²) in [5.41, 5.74) is 7.32. The van der Waals surface area contributed by atoms with Crippen LogP contribution in [0.25, 0.3) is 0 Å². The zero-order chi connectivity index (χ0) is 13.9. The lowest BCUT2D eigenvalue weighted by atomic mass is 10.1. The molecule has 0 unspecified atom stereocenters. The average Bonchev–Trinajstić information content (AvgIpc) is 3.22. The molecule has 1 aliphatic carbocycles. The van der Waals surface area contributed by atoms with Crippen molar-refractivity contribution in [3.8, 4) is 5.75 Å². The summed E-state index contributed by atoms with van der Waals surface area (Å²) >= 11 is 0. The van der Waals surface area contributed by atoms with Crippen molar-refractivity contribution in [2.24, 2.45) is 10.7 Å². The number of nitrogens with two attached hydrogens (primary N) is 1. The number of hydrogen-bond acceptors (Lipinski definition) is 3. The van der Waals surface area contributed by atoms with Crippen LogP contribution in [0.3, 0.4) is 0 Å². The van der Waals surface area contributed by atoms with Gasteiger partial charge in [0.2, 0.25) is 0 Å². The normalized spacial score (nSPS) is 17.5. The molecule has 1 fully saturated rings. The van der Waals surface area contributed by atoms with E-state index in [9.17, 15) is 4.39 Å². The number of guanidine groups is 1. The molecule has 3 N–H and O–H groups in total. The van der Waals surface area contributed by atoms with Crippen LogP contribution in [-0.4, -0.2) is 25.3 Å². The highest BCUT2D eigenvalue weighted by Gasteiger charge is 2.21. The highest BCUT2D eigenvalue weighted by molar-refractivity contribution is 14.0. The second-order valence-corrected chi connectivity index (χ2v) is 5.10. The number of halogens is 2. The van der Waals surface area contributed by atoms with Crippen molar-refractivity contribution < 1.29 is 13.9 Å². The van der Waals surface area contributed by atoms with Gasteiger partial charge in [0.25, 0.3) is 0 Å². The molecule has 0 bridgehead atoms. The molecule has 21 heavy (non-hydrogen) atoms. The average molecular weight is 407 g/mol. The van der Waals surface area contributed by atoms with E-state index in [-0.39, 0.29) is 36.6 Å². The summed E-state index contributed by atoms with van der Waals surface area (Å²) in [7, 11) is 0. The summed E-state index contributed by atoms with van der Waals surface area (Å²) < 4.78 is 24.1. The molecule has 1 aromatic carbocycles. The van der Waals surface area contributed by atoms with Crippen LogP contribution in [0.2, 0.25) is 0 Å². The van der Waals surface area contributed by atoms with Crippen LogP contribution in [0.1, 0.15) is 24.0 Å². The molecule has 7 heteroatoms. The van der Waals surface area contributed by atoms with E-state index in [1.54, 1.807) is 0 Å². The number of benzene rings is 1. The highest BCUT2D eigenvalue weighted by atomic mass is 127. The van der Waals surface area contributed by atoms with E-state index >= 15 is 0 Å². The summed E-state index contributed by atoms with van der Waals surface area (Å²) in [5, 5.41) is 3.12. The quantitative estimate of drug-likeness (QED) is 0.455. The van der Waals surface area contributed by atoms with Crippen molar-refractivity contribution in [2.45, 2.75) is 31.9 Å². The number of hydrogen-bond donors (Lipinski definition) is 2. The van der Waals surface area contributed by atoms with Gasteiger partial charge in [0.15, 0.2) is 12.8 Å². The predicted molar refractivity (Wildman–Crippen MR) is 88.5 cm³/mol. The van der Waals surface area contributed by atoms with Crippen LogP contribution in [-0.2, 0) is 17.8 Å². The number of ether oxygens (including phenoxy) is 2. The standard InChI is InChI=1S/C14H18FN3O2.HI/c15-11-5-9(13-10(6-11)7-19-8-20-13)3-4-17-14(16)18-12-1-2-12;/h5-6,12H,1-4,7-8H2,(H3,16,17,18);1H. The van der Waals surface area contributed by atoms with Crippen molar-refractivity contribution in [3.63, 3.8) is 0 Å². The van der Waals surface area contributed by atoms with Crippen LogP contribution in [0.15, 0.2) is 17.1 Å². The second-order valence-electron chi connectivity index (χ2n) is 5.10. The molecular formula is C14H19FIN3O2. The maximum absolute atomic E-state index is 13.5. The third-order valence-corrected chi connectivity index (χ3v) is 3.34. The molecule has 116 valence electrons. The molecule has 0 atom stereocenters. The zero-order valence-corrected chi connectivity index (χ0v) is 13.9. The smallest absolute Gasteiger partial charge is 0.189 e. The van der Waals surface area contributed by atoms with Crippen molar-refractivity contribution in [2.75, 3.05) is 13.3 Å². The van der Waals surface area contributed by atoms with Crippen LogP contribution >= 0.6 is 24.0 Å². The first-order chi connectivity index (χ1) is 9.72. The van der Waals surface area contributed by atoms with Gasteiger partial charge >= 0.3 is 0 Å². The molecule has 0 amide bonds. The Kier molecular flexibility index (Phi) is 5.63. The number of aliphatic imine (C=N–C) groups is 1. The van der Waals surface area contributed by atoms with Gasteiger partial charge in [-0.2, -0.15) is 0 Å². The fourth-order valence-electron chi connectivity index (χ4n) is 2.22. The molecule has 3 rings (SSSR count). The van der Waals surface area contributed by atoms with Gasteiger partial charge < -0.3 is 20.5 Å².